The number of carbonyl (C=O) groups excluding carboxylic acids is 1. The lowest BCUT2D eigenvalue weighted by molar-refractivity contribution is 0.123. The number of likely N-dealkylation sites (N-methyl/N-ethyl adjacent to an activating group) is 1. The van der Waals surface area contributed by atoms with E-state index in [-0.39, 0.29) is 30.0 Å². The molecule has 0 unspecified atom stereocenters. The molecule has 1 heterocycles. The molecule has 0 radical (unpaired) electrons. The van der Waals surface area contributed by atoms with E-state index in [2.05, 4.69) is 27.6 Å². The number of rotatable bonds is 11. The third kappa shape index (κ3) is 7.45. The van der Waals surface area contributed by atoms with Crippen LogP contribution in [0.1, 0.15) is 49.3 Å². The lowest BCUT2D eigenvalue weighted by Crippen LogP contribution is -2.36. The summed E-state index contributed by atoms with van der Waals surface area (Å²) in [6.45, 7) is 1.46. The number of nitrogens with zero attached hydrogens (tertiary/aromatic N) is 1. The molecule has 1 fully saturated rings. The van der Waals surface area contributed by atoms with Gasteiger partial charge in [-0.25, -0.2) is 4.79 Å². The molecule has 11 heteroatoms. The van der Waals surface area contributed by atoms with Crippen LogP contribution in [-0.4, -0.2) is 66.1 Å². The van der Waals surface area contributed by atoms with Crippen LogP contribution in [-0.2, 0) is 11.3 Å². The maximum Gasteiger partial charge on any atom is 0.411 e. The molecule has 5 N–H and O–H groups in total. The highest BCUT2D eigenvalue weighted by molar-refractivity contribution is 6.33. The highest BCUT2D eigenvalue weighted by Gasteiger charge is 2.19. The van der Waals surface area contributed by atoms with Crippen LogP contribution < -0.4 is 20.9 Å². The zero-order chi connectivity index (χ0) is 28.6. The Morgan fingerprint density at radius 3 is 2.73 bits per heavy atom. The average molecular weight is 573 g/mol. The third-order valence-corrected chi connectivity index (χ3v) is 7.71. The maximum atomic E-state index is 12.4. The molecule has 40 heavy (non-hydrogen) atoms. The molecule has 1 atom stereocenters. The number of H-pyrrole nitrogens is 1. The molecule has 1 amide bonds. The number of hydrogen-bond donors (Lipinski definition) is 5. The highest BCUT2D eigenvalue weighted by Crippen LogP contribution is 2.32. The normalized spacial score (nSPS) is 14.8. The van der Waals surface area contributed by atoms with Crippen molar-refractivity contribution in [3.8, 4) is 11.5 Å². The molecular formula is C29H37ClN4O6. The zero-order valence-electron chi connectivity index (χ0n) is 22.8. The van der Waals surface area contributed by atoms with E-state index in [0.29, 0.717) is 46.5 Å². The summed E-state index contributed by atoms with van der Waals surface area (Å²) in [6.07, 6.45) is 4.68. The summed E-state index contributed by atoms with van der Waals surface area (Å²) in [6, 6.07) is 9.84. The van der Waals surface area contributed by atoms with Crippen LogP contribution in [0.15, 0.2) is 41.2 Å². The van der Waals surface area contributed by atoms with Crippen LogP contribution in [0.4, 0.5) is 10.5 Å². The molecule has 1 aliphatic rings. The van der Waals surface area contributed by atoms with Crippen LogP contribution in [0.2, 0.25) is 5.02 Å². The molecule has 1 aliphatic carbocycles. The van der Waals surface area contributed by atoms with E-state index in [0.717, 1.165) is 5.56 Å². The number of amides is 1. The maximum absolute atomic E-state index is 12.4. The van der Waals surface area contributed by atoms with Crippen molar-refractivity contribution in [3.63, 3.8) is 0 Å². The van der Waals surface area contributed by atoms with Crippen molar-refractivity contribution in [2.75, 3.05) is 39.2 Å². The van der Waals surface area contributed by atoms with Crippen molar-refractivity contribution in [2.24, 2.45) is 0 Å². The van der Waals surface area contributed by atoms with Gasteiger partial charge in [0.15, 0.2) is 0 Å². The molecular weight excluding hydrogens is 536 g/mol. The first-order chi connectivity index (χ1) is 19.3. The summed E-state index contributed by atoms with van der Waals surface area (Å²) in [5.74, 6) is 0.437. The van der Waals surface area contributed by atoms with Crippen molar-refractivity contribution in [2.45, 2.75) is 50.8 Å². The molecule has 0 aliphatic heterocycles. The molecule has 4 rings (SSSR count). The second-order valence-corrected chi connectivity index (χ2v) is 10.5. The largest absolute Gasteiger partial charge is 0.506 e. The number of aliphatic hydroxyl groups is 1. The van der Waals surface area contributed by atoms with Gasteiger partial charge in [0, 0.05) is 48.8 Å². The Morgan fingerprint density at radius 1 is 1.20 bits per heavy atom. The SMILES string of the molecule is COc1cc(NC(=O)OCCN(C)C2CCCCC2)c(Cl)cc1CNC[C@@H](O)c1ccc(O)c2[nH]c(=O)ccc12. The minimum absolute atomic E-state index is 0.0691. The molecule has 1 saturated carbocycles. The molecule has 0 saturated heterocycles. The first-order valence-corrected chi connectivity index (χ1v) is 13.9. The van der Waals surface area contributed by atoms with Gasteiger partial charge in [0.25, 0.3) is 0 Å². The number of aliphatic hydroxyl groups excluding tert-OH is 1. The van der Waals surface area contributed by atoms with Crippen molar-refractivity contribution >= 4 is 34.3 Å². The number of pyridine rings is 1. The number of anilines is 1. The van der Waals surface area contributed by atoms with Crippen LogP contribution in [0.3, 0.4) is 0 Å². The zero-order valence-corrected chi connectivity index (χ0v) is 23.6. The number of aromatic nitrogens is 1. The van der Waals surface area contributed by atoms with Crippen LogP contribution in [0.5, 0.6) is 11.5 Å². The lowest BCUT2D eigenvalue weighted by Gasteiger charge is -2.30. The third-order valence-electron chi connectivity index (χ3n) is 7.40. The second-order valence-electron chi connectivity index (χ2n) is 10.1. The standard InChI is InChI=1S/C29H37ClN4O6/c1-34(19-6-4-3-5-7-19)12-13-40-29(38)32-23-15-26(39-2)18(14-22(23)30)16-31-17-25(36)20-8-10-24(35)28-21(20)9-11-27(37)33-28/h8-11,14-15,19,25,31,35-36H,3-7,12-13,16-17H2,1-2H3,(H,32,38)(H,33,37)/t25-/m1/s1. The average Bonchev–Trinajstić information content (AvgIpc) is 2.95. The number of ether oxygens (including phenoxy) is 2. The van der Waals surface area contributed by atoms with Gasteiger partial charge in [0.05, 0.1) is 29.4 Å². The van der Waals surface area contributed by atoms with Gasteiger partial charge < -0.3 is 34.9 Å². The van der Waals surface area contributed by atoms with E-state index in [4.69, 9.17) is 21.1 Å². The van der Waals surface area contributed by atoms with Crippen molar-refractivity contribution < 1.29 is 24.5 Å². The van der Waals surface area contributed by atoms with Gasteiger partial charge >= 0.3 is 6.09 Å². The Hall–Kier alpha value is -3.31. The van der Waals surface area contributed by atoms with Gasteiger partial charge in [-0.2, -0.15) is 0 Å². The number of halogens is 1. The summed E-state index contributed by atoms with van der Waals surface area (Å²) in [5.41, 5.74) is 1.59. The topological polar surface area (TPSA) is 136 Å². The Balaban J connectivity index is 1.31. The number of carbonyl (C=O) groups is 1. The monoisotopic (exact) mass is 572 g/mol. The number of aromatic amines is 1. The first kappa shape index (κ1) is 29.7. The molecule has 216 valence electrons. The fourth-order valence-corrected chi connectivity index (χ4v) is 5.39. The van der Waals surface area contributed by atoms with E-state index in [9.17, 15) is 19.8 Å². The molecule has 10 nitrogen and oxygen atoms in total. The number of methoxy groups -OCH3 is 1. The summed E-state index contributed by atoms with van der Waals surface area (Å²) in [7, 11) is 3.59. The molecule has 1 aromatic heterocycles. The number of aromatic hydroxyl groups is 1. The molecule has 0 spiro atoms. The number of phenols is 1. The van der Waals surface area contributed by atoms with Crippen LogP contribution >= 0.6 is 11.6 Å². The predicted octanol–water partition coefficient (Wildman–Crippen LogP) is 4.53. The van der Waals surface area contributed by atoms with E-state index in [1.807, 2.05) is 0 Å². The lowest BCUT2D eigenvalue weighted by atomic mass is 9.94. The Kier molecular flexibility index (Phi) is 10.3. The van der Waals surface area contributed by atoms with Gasteiger partial charge in [-0.1, -0.05) is 36.9 Å². The number of phenolic OH excluding ortho intramolecular Hbond substituents is 1. The van der Waals surface area contributed by atoms with Gasteiger partial charge in [-0.05, 0) is 43.7 Å². The fraction of sp³-hybridized carbons (Fsp3) is 0.448. The van der Waals surface area contributed by atoms with Crippen molar-refractivity contribution in [1.29, 1.82) is 0 Å². The van der Waals surface area contributed by atoms with Crippen molar-refractivity contribution in [1.82, 2.24) is 15.2 Å². The van der Waals surface area contributed by atoms with Crippen molar-refractivity contribution in [3.05, 3.63) is 62.9 Å². The van der Waals surface area contributed by atoms with Gasteiger partial charge in [0.2, 0.25) is 5.56 Å². The minimum atomic E-state index is -0.914. The van der Waals surface area contributed by atoms with Gasteiger partial charge in [0.1, 0.15) is 18.1 Å². The summed E-state index contributed by atoms with van der Waals surface area (Å²) in [4.78, 5) is 28.9. The van der Waals surface area contributed by atoms with Gasteiger partial charge in [-0.3, -0.25) is 10.1 Å². The molecule has 2 aromatic carbocycles. The summed E-state index contributed by atoms with van der Waals surface area (Å²) >= 11 is 6.45. The fourth-order valence-electron chi connectivity index (χ4n) is 5.15. The van der Waals surface area contributed by atoms with E-state index in [1.54, 1.807) is 24.3 Å². The number of hydrogen-bond acceptors (Lipinski definition) is 8. The van der Waals surface area contributed by atoms with E-state index >= 15 is 0 Å². The number of benzene rings is 2. The summed E-state index contributed by atoms with van der Waals surface area (Å²) < 4.78 is 10.9. The minimum Gasteiger partial charge on any atom is -0.506 e. The van der Waals surface area contributed by atoms with Crippen LogP contribution in [0, 0.1) is 0 Å². The first-order valence-electron chi connectivity index (χ1n) is 13.5. The smallest absolute Gasteiger partial charge is 0.411 e. The van der Waals surface area contributed by atoms with Crippen LogP contribution in [0.25, 0.3) is 10.9 Å². The molecule has 0 bridgehead atoms. The Morgan fingerprint density at radius 2 is 1.98 bits per heavy atom. The Labute approximate surface area is 238 Å². The van der Waals surface area contributed by atoms with E-state index < -0.39 is 12.2 Å². The number of nitrogens with one attached hydrogen (secondary N) is 3. The molecule has 3 aromatic rings. The number of fused-ring (bicyclic) bond motifs is 1. The second kappa shape index (κ2) is 13.8. The van der Waals surface area contributed by atoms with E-state index in [1.165, 1.54) is 51.3 Å². The highest BCUT2D eigenvalue weighted by atomic mass is 35.5. The quantitative estimate of drug-likeness (QED) is 0.226. The summed E-state index contributed by atoms with van der Waals surface area (Å²) in [5, 5.41) is 27.6. The van der Waals surface area contributed by atoms with Gasteiger partial charge in [-0.15, -0.1) is 0 Å². The predicted molar refractivity (Wildman–Crippen MR) is 155 cm³/mol. The Bertz CT molecular complexity index is 1370.